The number of hydrogen-bond acceptors (Lipinski definition) is 7. The number of carbonyl (C=O) groups excluding carboxylic acids is 1. The summed E-state index contributed by atoms with van der Waals surface area (Å²) in [7, 11) is 0. The molecule has 0 saturated carbocycles. The van der Waals surface area contributed by atoms with Gasteiger partial charge in [0.25, 0.3) is 0 Å². The molecule has 1 fully saturated rings. The van der Waals surface area contributed by atoms with Gasteiger partial charge in [0.1, 0.15) is 17.6 Å². The van der Waals surface area contributed by atoms with Gasteiger partial charge in [-0.15, -0.1) is 0 Å². The van der Waals surface area contributed by atoms with E-state index in [9.17, 15) is 18.0 Å². The molecular weight excluding hydrogens is 485 g/mol. The van der Waals surface area contributed by atoms with E-state index in [1.54, 1.807) is 4.90 Å². The van der Waals surface area contributed by atoms with Crippen LogP contribution in [0.4, 0.5) is 24.8 Å². The van der Waals surface area contributed by atoms with Crippen LogP contribution in [0.3, 0.4) is 0 Å². The van der Waals surface area contributed by atoms with Crippen LogP contribution in [0, 0.1) is 17.5 Å². The van der Waals surface area contributed by atoms with Crippen molar-refractivity contribution < 1.29 is 22.7 Å². The van der Waals surface area contributed by atoms with Crippen LogP contribution in [0.1, 0.15) is 24.2 Å². The SMILES string of the molecule is C=CC(=O)N1CCc2nc(N3CCC(Oc4ccc(F)cc4F)CC3)c(-c3ccc(F)c(N)n3)nc2C1. The Morgan fingerprint density at radius 1 is 1.03 bits per heavy atom. The lowest BCUT2D eigenvalue weighted by molar-refractivity contribution is -0.126. The molecule has 0 aliphatic carbocycles. The maximum atomic E-state index is 14.0. The fraction of sp³-hybridized carbons (Fsp3) is 0.308. The van der Waals surface area contributed by atoms with Gasteiger partial charge in [0.05, 0.1) is 23.6 Å². The molecule has 2 N–H and O–H groups in total. The van der Waals surface area contributed by atoms with E-state index in [-0.39, 0.29) is 30.1 Å². The molecular formula is C26H25F3N6O2. The molecule has 2 aliphatic heterocycles. The average Bonchev–Trinajstić information content (AvgIpc) is 2.90. The summed E-state index contributed by atoms with van der Waals surface area (Å²) in [6, 6.07) is 5.97. The number of aromatic nitrogens is 3. The quantitative estimate of drug-likeness (QED) is 0.524. The average molecular weight is 511 g/mol. The highest BCUT2D eigenvalue weighted by molar-refractivity contribution is 5.87. The first-order chi connectivity index (χ1) is 17.8. The highest BCUT2D eigenvalue weighted by Gasteiger charge is 2.29. The van der Waals surface area contributed by atoms with Crippen molar-refractivity contribution in [2.45, 2.75) is 31.9 Å². The Labute approximate surface area is 211 Å². The summed E-state index contributed by atoms with van der Waals surface area (Å²) in [5.74, 6) is -1.89. The molecule has 0 spiro atoms. The molecule has 192 valence electrons. The van der Waals surface area contributed by atoms with Crippen LogP contribution >= 0.6 is 0 Å². The maximum absolute atomic E-state index is 14.0. The Morgan fingerprint density at radius 3 is 2.51 bits per heavy atom. The summed E-state index contributed by atoms with van der Waals surface area (Å²) in [6.07, 6.45) is 2.66. The standard InChI is InChI=1S/C26H25F3N6O2/c1-2-23(36)35-12-9-19-21(14-35)31-24(20-5-4-17(28)25(30)32-20)26(33-19)34-10-7-16(8-11-34)37-22-6-3-15(27)13-18(22)29/h2-6,13,16H,1,7-12,14H2,(H2,30,32). The van der Waals surface area contributed by atoms with Gasteiger partial charge in [-0.1, -0.05) is 6.58 Å². The molecule has 11 heteroatoms. The zero-order valence-electron chi connectivity index (χ0n) is 20.0. The van der Waals surface area contributed by atoms with Crippen LogP contribution in [0.5, 0.6) is 5.75 Å². The minimum atomic E-state index is -0.741. The van der Waals surface area contributed by atoms with Gasteiger partial charge >= 0.3 is 0 Å². The number of amides is 1. The fourth-order valence-electron chi connectivity index (χ4n) is 4.56. The third-order valence-electron chi connectivity index (χ3n) is 6.52. The van der Waals surface area contributed by atoms with Gasteiger partial charge < -0.3 is 20.3 Å². The van der Waals surface area contributed by atoms with Crippen molar-refractivity contribution in [2.75, 3.05) is 30.3 Å². The smallest absolute Gasteiger partial charge is 0.246 e. The van der Waals surface area contributed by atoms with Gasteiger partial charge in [0, 0.05) is 45.0 Å². The van der Waals surface area contributed by atoms with Gasteiger partial charge in [-0.3, -0.25) is 4.79 Å². The van der Waals surface area contributed by atoms with E-state index in [0.29, 0.717) is 61.8 Å². The molecule has 1 aromatic carbocycles. The number of anilines is 2. The number of carbonyl (C=O) groups is 1. The molecule has 2 aromatic heterocycles. The van der Waals surface area contributed by atoms with E-state index in [2.05, 4.69) is 11.6 Å². The van der Waals surface area contributed by atoms with Crippen LogP contribution < -0.4 is 15.4 Å². The van der Waals surface area contributed by atoms with Gasteiger partial charge in [-0.2, -0.15) is 0 Å². The van der Waals surface area contributed by atoms with Crippen LogP contribution in [-0.2, 0) is 17.8 Å². The zero-order chi connectivity index (χ0) is 26.1. The number of pyridine rings is 1. The molecule has 4 heterocycles. The molecule has 1 amide bonds. The van der Waals surface area contributed by atoms with Gasteiger partial charge in [0.2, 0.25) is 5.91 Å². The number of piperidine rings is 1. The Balaban J connectivity index is 1.42. The number of nitrogen functional groups attached to an aromatic ring is 1. The molecule has 2 aliphatic rings. The molecule has 0 atom stereocenters. The Kier molecular flexibility index (Phi) is 6.68. The molecule has 1 saturated heterocycles. The van der Waals surface area contributed by atoms with E-state index >= 15 is 0 Å². The van der Waals surface area contributed by atoms with Crippen molar-refractivity contribution in [1.82, 2.24) is 19.9 Å². The summed E-state index contributed by atoms with van der Waals surface area (Å²) in [5.41, 5.74) is 7.94. The van der Waals surface area contributed by atoms with E-state index in [0.717, 1.165) is 17.8 Å². The molecule has 8 nitrogen and oxygen atoms in total. The number of halogens is 3. The molecule has 3 aromatic rings. The van der Waals surface area contributed by atoms with E-state index in [4.69, 9.17) is 20.4 Å². The maximum Gasteiger partial charge on any atom is 0.246 e. The summed E-state index contributed by atoms with van der Waals surface area (Å²) in [6.45, 7) is 5.38. The second-order valence-corrected chi connectivity index (χ2v) is 8.95. The lowest BCUT2D eigenvalue weighted by atomic mass is 10.1. The lowest BCUT2D eigenvalue weighted by Gasteiger charge is -2.35. The highest BCUT2D eigenvalue weighted by Crippen LogP contribution is 2.33. The first-order valence-corrected chi connectivity index (χ1v) is 11.9. The van der Waals surface area contributed by atoms with Gasteiger partial charge in [0.15, 0.2) is 29.0 Å². The van der Waals surface area contributed by atoms with Crippen LogP contribution in [0.2, 0.25) is 0 Å². The van der Waals surface area contributed by atoms with E-state index in [1.807, 2.05) is 4.90 Å². The Bertz CT molecular complexity index is 1360. The number of fused-ring (bicyclic) bond motifs is 1. The number of ether oxygens (including phenoxy) is 1. The van der Waals surface area contributed by atoms with Gasteiger partial charge in [-0.25, -0.2) is 28.1 Å². The minimum Gasteiger partial charge on any atom is -0.487 e. The normalized spacial score (nSPS) is 15.9. The monoisotopic (exact) mass is 510 g/mol. The third-order valence-corrected chi connectivity index (χ3v) is 6.52. The van der Waals surface area contributed by atoms with Crippen molar-refractivity contribution in [2.24, 2.45) is 0 Å². The number of benzene rings is 1. The van der Waals surface area contributed by atoms with Crippen molar-refractivity contribution in [1.29, 1.82) is 0 Å². The number of rotatable bonds is 5. The minimum absolute atomic E-state index is 0.0127. The van der Waals surface area contributed by atoms with Crippen molar-refractivity contribution >= 4 is 17.5 Å². The number of nitrogens with two attached hydrogens (primary N) is 1. The molecule has 0 unspecified atom stereocenters. The first-order valence-electron chi connectivity index (χ1n) is 11.9. The second-order valence-electron chi connectivity index (χ2n) is 8.95. The summed E-state index contributed by atoms with van der Waals surface area (Å²) in [5, 5.41) is 0. The lowest BCUT2D eigenvalue weighted by Crippen LogP contribution is -2.40. The first kappa shape index (κ1) is 24.5. The predicted octanol–water partition coefficient (Wildman–Crippen LogP) is 3.66. The fourth-order valence-corrected chi connectivity index (χ4v) is 4.56. The predicted molar refractivity (Wildman–Crippen MR) is 131 cm³/mol. The Morgan fingerprint density at radius 2 is 1.81 bits per heavy atom. The van der Waals surface area contributed by atoms with E-state index < -0.39 is 17.5 Å². The molecule has 0 bridgehead atoms. The number of hydrogen-bond donors (Lipinski definition) is 1. The summed E-state index contributed by atoms with van der Waals surface area (Å²) >= 11 is 0. The Hall–Kier alpha value is -4.15. The van der Waals surface area contributed by atoms with Gasteiger partial charge in [-0.05, 0) is 30.3 Å². The third kappa shape index (κ3) is 5.07. The van der Waals surface area contributed by atoms with Crippen LogP contribution in [-0.4, -0.2) is 51.5 Å². The largest absolute Gasteiger partial charge is 0.487 e. The van der Waals surface area contributed by atoms with Crippen molar-refractivity contribution in [3.63, 3.8) is 0 Å². The van der Waals surface area contributed by atoms with Crippen LogP contribution in [0.15, 0.2) is 43.0 Å². The summed E-state index contributed by atoms with van der Waals surface area (Å²) in [4.78, 5) is 29.7. The molecule has 37 heavy (non-hydrogen) atoms. The second kappa shape index (κ2) is 10.1. The number of nitrogens with zero attached hydrogens (tertiary/aromatic N) is 5. The zero-order valence-corrected chi connectivity index (χ0v) is 20.0. The topological polar surface area (TPSA) is 97.5 Å². The van der Waals surface area contributed by atoms with Crippen molar-refractivity contribution in [3.05, 3.63) is 71.8 Å². The van der Waals surface area contributed by atoms with Crippen LogP contribution in [0.25, 0.3) is 11.4 Å². The molecule has 0 radical (unpaired) electrons. The van der Waals surface area contributed by atoms with E-state index in [1.165, 1.54) is 24.3 Å². The summed E-state index contributed by atoms with van der Waals surface area (Å²) < 4.78 is 46.9. The molecule has 5 rings (SSSR count). The van der Waals surface area contributed by atoms with Crippen molar-refractivity contribution in [3.8, 4) is 17.1 Å². The highest BCUT2D eigenvalue weighted by atomic mass is 19.1.